The molecule has 0 saturated carbocycles. The van der Waals surface area contributed by atoms with Crippen LogP contribution in [0.25, 0.3) is 22.4 Å². The summed E-state index contributed by atoms with van der Waals surface area (Å²) in [6, 6.07) is 16.8. The van der Waals surface area contributed by atoms with Crippen LogP contribution in [0.2, 0.25) is 0 Å². The smallest absolute Gasteiger partial charge is 0.338 e. The van der Waals surface area contributed by atoms with Gasteiger partial charge in [0.15, 0.2) is 10.8 Å². The molecule has 9 nitrogen and oxygen atoms in total. The molecule has 0 fully saturated rings. The van der Waals surface area contributed by atoms with E-state index in [0.29, 0.717) is 28.7 Å². The first-order chi connectivity index (χ1) is 17.0. The van der Waals surface area contributed by atoms with Gasteiger partial charge in [-0.1, -0.05) is 41.6 Å². The lowest BCUT2D eigenvalue weighted by Gasteiger charge is -2.06. The number of fused-ring (bicyclic) bond motifs is 3. The second-order valence-electron chi connectivity index (χ2n) is 7.83. The number of amides is 1. The molecule has 0 atom stereocenters. The van der Waals surface area contributed by atoms with Gasteiger partial charge in [0.1, 0.15) is 5.52 Å². The number of rotatable bonds is 7. The van der Waals surface area contributed by atoms with E-state index in [4.69, 9.17) is 4.74 Å². The van der Waals surface area contributed by atoms with Gasteiger partial charge in [-0.3, -0.25) is 9.20 Å². The average molecular weight is 487 g/mol. The summed E-state index contributed by atoms with van der Waals surface area (Å²) in [6.07, 6.45) is 3.68. The third kappa shape index (κ3) is 4.73. The molecule has 0 bridgehead atoms. The highest BCUT2D eigenvalue weighted by Gasteiger charge is 2.14. The zero-order valence-corrected chi connectivity index (χ0v) is 20.0. The van der Waals surface area contributed by atoms with Crippen molar-refractivity contribution < 1.29 is 14.3 Å². The monoisotopic (exact) mass is 486 g/mol. The molecule has 0 unspecified atom stereocenters. The predicted octanol–water partition coefficient (Wildman–Crippen LogP) is 4.26. The van der Waals surface area contributed by atoms with Crippen LogP contribution in [0.3, 0.4) is 0 Å². The molecule has 0 aliphatic rings. The minimum atomic E-state index is -0.391. The van der Waals surface area contributed by atoms with Gasteiger partial charge in [0.2, 0.25) is 5.91 Å². The normalized spacial score (nSPS) is 11.1. The lowest BCUT2D eigenvalue weighted by molar-refractivity contribution is -0.113. The van der Waals surface area contributed by atoms with Crippen LogP contribution in [0.1, 0.15) is 22.8 Å². The zero-order valence-electron chi connectivity index (χ0n) is 19.1. The van der Waals surface area contributed by atoms with Gasteiger partial charge in [0, 0.05) is 23.6 Å². The Balaban J connectivity index is 1.28. The predicted molar refractivity (Wildman–Crippen MR) is 134 cm³/mol. The first kappa shape index (κ1) is 22.6. The van der Waals surface area contributed by atoms with Crippen molar-refractivity contribution in [3.63, 3.8) is 0 Å². The van der Waals surface area contributed by atoms with Crippen LogP contribution in [-0.2, 0) is 9.53 Å². The number of carbonyl (C=O) groups excluding carboxylic acids is 2. The number of thioether (sulfide) groups is 1. The van der Waals surface area contributed by atoms with Gasteiger partial charge in [-0.25, -0.2) is 9.31 Å². The maximum absolute atomic E-state index is 12.5. The van der Waals surface area contributed by atoms with Gasteiger partial charge in [0.25, 0.3) is 0 Å². The Hall–Kier alpha value is -4.18. The SMILES string of the molecule is CCOC(=O)c1ccc(NC(=O)CSc2nnc3c4cc(-c5ccc(C)cc5)nn4ccn23)cc1. The molecule has 3 aromatic heterocycles. The molecule has 176 valence electrons. The molecule has 0 spiro atoms. The van der Waals surface area contributed by atoms with Crippen LogP contribution < -0.4 is 5.32 Å². The molecule has 10 heteroatoms. The summed E-state index contributed by atoms with van der Waals surface area (Å²) < 4.78 is 8.60. The topological polar surface area (TPSA) is 103 Å². The number of anilines is 1. The average Bonchev–Trinajstić information content (AvgIpc) is 3.48. The van der Waals surface area contributed by atoms with E-state index in [1.165, 1.54) is 17.3 Å². The van der Waals surface area contributed by atoms with Crippen molar-refractivity contribution in [3.8, 4) is 11.3 Å². The standard InChI is InChI=1S/C25H22N6O3S/c1-3-34-24(33)18-8-10-19(11-9-18)26-22(32)15-35-25-28-27-23-21-14-20(17-6-4-16(2)5-7-17)29-31(21)13-12-30(23)25/h4-14H,3,15H2,1-2H3,(H,26,32). The molecule has 2 aromatic carbocycles. The molecule has 5 rings (SSSR count). The zero-order chi connectivity index (χ0) is 24.4. The summed E-state index contributed by atoms with van der Waals surface area (Å²) in [5.41, 5.74) is 5.59. The highest BCUT2D eigenvalue weighted by molar-refractivity contribution is 7.99. The van der Waals surface area contributed by atoms with E-state index in [0.717, 1.165) is 16.8 Å². The second kappa shape index (κ2) is 9.59. The Kier molecular flexibility index (Phi) is 6.19. The van der Waals surface area contributed by atoms with E-state index in [-0.39, 0.29) is 11.7 Å². The molecular weight excluding hydrogens is 464 g/mol. The number of aromatic nitrogens is 5. The number of hydrogen-bond acceptors (Lipinski definition) is 7. The van der Waals surface area contributed by atoms with Crippen molar-refractivity contribution in [2.24, 2.45) is 0 Å². The number of ether oxygens (including phenoxy) is 1. The van der Waals surface area contributed by atoms with Crippen LogP contribution in [0.15, 0.2) is 72.1 Å². The van der Waals surface area contributed by atoms with Crippen molar-refractivity contribution in [3.05, 3.63) is 78.1 Å². The quantitative estimate of drug-likeness (QED) is 0.271. The number of benzene rings is 2. The summed E-state index contributed by atoms with van der Waals surface area (Å²) in [4.78, 5) is 24.2. The number of nitrogens with zero attached hydrogens (tertiary/aromatic N) is 5. The summed E-state index contributed by atoms with van der Waals surface area (Å²) in [5, 5.41) is 16.7. The van der Waals surface area contributed by atoms with Crippen LogP contribution in [0.5, 0.6) is 0 Å². The fourth-order valence-corrected chi connectivity index (χ4v) is 4.30. The molecule has 5 aromatic rings. The maximum atomic E-state index is 12.5. The van der Waals surface area contributed by atoms with Crippen molar-refractivity contribution >= 4 is 40.5 Å². The van der Waals surface area contributed by atoms with Crippen LogP contribution in [-0.4, -0.2) is 48.4 Å². The lowest BCUT2D eigenvalue weighted by Crippen LogP contribution is -2.14. The van der Waals surface area contributed by atoms with E-state index in [2.05, 4.69) is 39.7 Å². The Bertz CT molecular complexity index is 1520. The van der Waals surface area contributed by atoms with Crippen molar-refractivity contribution in [1.29, 1.82) is 0 Å². The lowest BCUT2D eigenvalue weighted by atomic mass is 10.1. The molecule has 0 radical (unpaired) electrons. The van der Waals surface area contributed by atoms with Crippen molar-refractivity contribution in [2.75, 3.05) is 17.7 Å². The number of aryl methyl sites for hydroxylation is 1. The highest BCUT2D eigenvalue weighted by Crippen LogP contribution is 2.24. The molecule has 1 amide bonds. The largest absolute Gasteiger partial charge is 0.462 e. The van der Waals surface area contributed by atoms with Crippen molar-refractivity contribution in [2.45, 2.75) is 19.0 Å². The summed E-state index contributed by atoms with van der Waals surface area (Å²) in [7, 11) is 0. The first-order valence-corrected chi connectivity index (χ1v) is 12.0. The molecular formula is C25H22N6O3S. The Morgan fingerprint density at radius 1 is 1.03 bits per heavy atom. The Labute approximate surface area is 205 Å². The van der Waals surface area contributed by atoms with Gasteiger partial charge in [-0.15, -0.1) is 10.2 Å². The van der Waals surface area contributed by atoms with E-state index < -0.39 is 5.97 Å². The van der Waals surface area contributed by atoms with Crippen molar-refractivity contribution in [1.82, 2.24) is 24.2 Å². The van der Waals surface area contributed by atoms with Gasteiger partial charge < -0.3 is 10.1 Å². The second-order valence-corrected chi connectivity index (χ2v) is 8.78. The fourth-order valence-electron chi connectivity index (χ4n) is 3.59. The van der Waals surface area contributed by atoms with E-state index in [1.807, 2.05) is 35.0 Å². The van der Waals surface area contributed by atoms with E-state index in [1.54, 1.807) is 35.7 Å². The Morgan fingerprint density at radius 2 is 1.80 bits per heavy atom. The van der Waals surface area contributed by atoms with Crippen LogP contribution in [0, 0.1) is 6.92 Å². The van der Waals surface area contributed by atoms with E-state index >= 15 is 0 Å². The van der Waals surface area contributed by atoms with Crippen LogP contribution in [0.4, 0.5) is 5.69 Å². The molecule has 0 aliphatic heterocycles. The number of hydrogen-bond donors (Lipinski definition) is 1. The molecule has 0 saturated heterocycles. The molecule has 1 N–H and O–H groups in total. The fraction of sp³-hybridized carbons (Fsp3) is 0.160. The van der Waals surface area contributed by atoms with Gasteiger partial charge in [0.05, 0.1) is 23.6 Å². The first-order valence-electron chi connectivity index (χ1n) is 11.0. The molecule has 0 aliphatic carbocycles. The number of nitrogens with one attached hydrogen (secondary N) is 1. The molecule has 35 heavy (non-hydrogen) atoms. The number of esters is 1. The summed E-state index contributed by atoms with van der Waals surface area (Å²) in [5.74, 6) is -0.430. The van der Waals surface area contributed by atoms with Gasteiger partial charge in [-0.05, 0) is 44.2 Å². The van der Waals surface area contributed by atoms with Gasteiger partial charge >= 0.3 is 5.97 Å². The Morgan fingerprint density at radius 3 is 2.54 bits per heavy atom. The third-order valence-corrected chi connectivity index (χ3v) is 6.29. The summed E-state index contributed by atoms with van der Waals surface area (Å²) in [6.45, 7) is 4.12. The van der Waals surface area contributed by atoms with Crippen LogP contribution >= 0.6 is 11.8 Å². The summed E-state index contributed by atoms with van der Waals surface area (Å²) >= 11 is 1.29. The third-order valence-electron chi connectivity index (χ3n) is 5.35. The maximum Gasteiger partial charge on any atom is 0.338 e. The minimum absolute atomic E-state index is 0.152. The van der Waals surface area contributed by atoms with E-state index in [9.17, 15) is 9.59 Å². The molecule has 3 heterocycles. The minimum Gasteiger partial charge on any atom is -0.462 e. The number of carbonyl (C=O) groups is 2. The van der Waals surface area contributed by atoms with Gasteiger partial charge in [-0.2, -0.15) is 5.10 Å². The highest BCUT2D eigenvalue weighted by atomic mass is 32.2.